The van der Waals surface area contributed by atoms with E-state index in [1.165, 1.54) is 0 Å². The number of methoxy groups -OCH3 is 1. The van der Waals surface area contributed by atoms with E-state index in [1.54, 1.807) is 7.11 Å². The zero-order chi connectivity index (χ0) is 15.3. The number of hydrogen-bond donors (Lipinski definition) is 0. The molecule has 0 aliphatic heterocycles. The van der Waals surface area contributed by atoms with Crippen LogP contribution in [0.15, 0.2) is 28.7 Å². The van der Waals surface area contributed by atoms with Gasteiger partial charge in [0, 0.05) is 5.56 Å². The van der Waals surface area contributed by atoms with Crippen LogP contribution in [0.5, 0.6) is 5.75 Å². The quantitative estimate of drug-likeness (QED) is 0.565. The van der Waals surface area contributed by atoms with Gasteiger partial charge in [-0.05, 0) is 32.0 Å². The minimum absolute atomic E-state index is 0.454. The predicted molar refractivity (Wildman–Crippen MR) is 79.8 cm³/mol. The Kier molecular flexibility index (Phi) is 2.62. The zero-order valence-corrected chi connectivity index (χ0v) is 12.4. The molecule has 22 heavy (non-hydrogen) atoms. The van der Waals surface area contributed by atoms with Crippen LogP contribution in [0, 0.1) is 13.8 Å². The van der Waals surface area contributed by atoms with E-state index in [4.69, 9.17) is 9.15 Å². The summed E-state index contributed by atoms with van der Waals surface area (Å²) in [6, 6.07) is 7.56. The van der Waals surface area contributed by atoms with E-state index in [0.29, 0.717) is 22.9 Å². The fourth-order valence-corrected chi connectivity index (χ4v) is 2.52. The third-order valence-electron chi connectivity index (χ3n) is 3.61. The molecule has 4 rings (SSSR count). The Balaban J connectivity index is 1.97. The topological polar surface area (TPSA) is 78.3 Å². The Morgan fingerprint density at radius 3 is 2.82 bits per heavy atom. The third kappa shape index (κ3) is 1.75. The van der Waals surface area contributed by atoms with E-state index < -0.39 is 0 Å². The lowest BCUT2D eigenvalue weighted by Crippen LogP contribution is -1.97. The van der Waals surface area contributed by atoms with Crippen LogP contribution in [0.2, 0.25) is 0 Å². The fourth-order valence-electron chi connectivity index (χ4n) is 2.52. The molecule has 0 fully saturated rings. The number of nitrogens with zero attached hydrogens (tertiary/aromatic N) is 5. The molecule has 0 aliphatic carbocycles. The Morgan fingerprint density at radius 1 is 1.14 bits per heavy atom. The van der Waals surface area contributed by atoms with Crippen molar-refractivity contribution in [2.45, 2.75) is 13.8 Å². The van der Waals surface area contributed by atoms with Crippen LogP contribution in [0.4, 0.5) is 0 Å². The van der Waals surface area contributed by atoms with Crippen LogP contribution in [0.3, 0.4) is 0 Å². The molecule has 3 aromatic heterocycles. The summed E-state index contributed by atoms with van der Waals surface area (Å²) in [5.41, 5.74) is 2.90. The van der Waals surface area contributed by atoms with Gasteiger partial charge in [0.25, 0.3) is 11.5 Å². The molecule has 4 aromatic rings. The molecule has 3 heterocycles. The van der Waals surface area contributed by atoms with Crippen molar-refractivity contribution < 1.29 is 9.15 Å². The molecule has 0 saturated heterocycles. The lowest BCUT2D eigenvalue weighted by molar-refractivity contribution is 0.415. The molecule has 0 atom stereocenters. The van der Waals surface area contributed by atoms with Crippen molar-refractivity contribution in [1.82, 2.24) is 24.6 Å². The molecule has 7 heteroatoms. The Morgan fingerprint density at radius 2 is 2.00 bits per heavy atom. The predicted octanol–water partition coefficient (Wildman–Crippen LogP) is 2.56. The molecular weight excluding hydrogens is 282 g/mol. The second-order valence-corrected chi connectivity index (χ2v) is 4.98. The Labute approximate surface area is 125 Å². The summed E-state index contributed by atoms with van der Waals surface area (Å²) in [7, 11) is 1.63. The maximum atomic E-state index is 5.79. The summed E-state index contributed by atoms with van der Waals surface area (Å²) in [5.74, 6) is 2.53. The standard InChI is InChI=1S/C15H13N5O2/c1-8-12-14(17-15-19-18-9(2)20(8)15)22-13(16-12)10-5-4-6-11(7-10)21-3/h4-7H,1-3H3. The first-order valence-electron chi connectivity index (χ1n) is 6.80. The number of benzene rings is 1. The minimum Gasteiger partial charge on any atom is -0.497 e. The van der Waals surface area contributed by atoms with Crippen LogP contribution in [0.1, 0.15) is 11.5 Å². The maximum absolute atomic E-state index is 5.79. The second-order valence-electron chi connectivity index (χ2n) is 4.98. The highest BCUT2D eigenvalue weighted by Gasteiger charge is 2.16. The molecule has 0 radical (unpaired) electrons. The summed E-state index contributed by atoms with van der Waals surface area (Å²) in [5, 5.41) is 8.06. The summed E-state index contributed by atoms with van der Waals surface area (Å²) in [4.78, 5) is 8.94. The lowest BCUT2D eigenvalue weighted by Gasteiger charge is -2.00. The van der Waals surface area contributed by atoms with Gasteiger partial charge >= 0.3 is 0 Å². The van der Waals surface area contributed by atoms with Gasteiger partial charge < -0.3 is 9.15 Å². The fraction of sp³-hybridized carbons (Fsp3) is 0.200. The van der Waals surface area contributed by atoms with Crippen LogP contribution in [0.25, 0.3) is 28.5 Å². The largest absolute Gasteiger partial charge is 0.497 e. The number of aryl methyl sites for hydroxylation is 2. The summed E-state index contributed by atoms with van der Waals surface area (Å²) >= 11 is 0. The Bertz CT molecular complexity index is 1000. The van der Waals surface area contributed by atoms with Gasteiger partial charge in [-0.25, -0.2) is 4.98 Å². The highest BCUT2D eigenvalue weighted by molar-refractivity contribution is 5.77. The molecule has 1 aromatic carbocycles. The zero-order valence-electron chi connectivity index (χ0n) is 12.4. The van der Waals surface area contributed by atoms with Crippen molar-refractivity contribution in [2.75, 3.05) is 7.11 Å². The summed E-state index contributed by atoms with van der Waals surface area (Å²) < 4.78 is 12.9. The van der Waals surface area contributed by atoms with E-state index in [0.717, 1.165) is 22.8 Å². The van der Waals surface area contributed by atoms with Crippen LogP contribution in [-0.4, -0.2) is 31.7 Å². The van der Waals surface area contributed by atoms with Crippen molar-refractivity contribution in [2.24, 2.45) is 0 Å². The molecule has 0 unspecified atom stereocenters. The first-order valence-corrected chi connectivity index (χ1v) is 6.80. The smallest absolute Gasteiger partial charge is 0.258 e. The van der Waals surface area contributed by atoms with Gasteiger partial charge in [-0.15, -0.1) is 10.2 Å². The monoisotopic (exact) mass is 295 g/mol. The molecule has 0 aliphatic rings. The number of hydrogen-bond acceptors (Lipinski definition) is 6. The normalized spacial score (nSPS) is 11.4. The van der Waals surface area contributed by atoms with Crippen molar-refractivity contribution in [3.8, 4) is 17.2 Å². The minimum atomic E-state index is 0.454. The number of oxazole rings is 1. The second kappa shape index (κ2) is 4.52. The SMILES string of the molecule is COc1cccc(-c2nc3c(C)n4c(C)nnc4nc3o2)c1. The lowest BCUT2D eigenvalue weighted by atomic mass is 10.2. The molecular formula is C15H13N5O2. The molecule has 0 spiro atoms. The van der Waals surface area contributed by atoms with E-state index in [9.17, 15) is 0 Å². The van der Waals surface area contributed by atoms with Crippen LogP contribution < -0.4 is 4.74 Å². The van der Waals surface area contributed by atoms with Gasteiger partial charge in [0.1, 0.15) is 17.1 Å². The highest BCUT2D eigenvalue weighted by atomic mass is 16.5. The van der Waals surface area contributed by atoms with Gasteiger partial charge in [-0.1, -0.05) is 6.07 Å². The molecule has 110 valence electrons. The van der Waals surface area contributed by atoms with E-state index in [2.05, 4.69) is 20.2 Å². The van der Waals surface area contributed by atoms with Crippen molar-refractivity contribution in [1.29, 1.82) is 0 Å². The van der Waals surface area contributed by atoms with E-state index in [-0.39, 0.29) is 0 Å². The van der Waals surface area contributed by atoms with E-state index in [1.807, 2.05) is 42.5 Å². The van der Waals surface area contributed by atoms with Gasteiger partial charge in [0.15, 0.2) is 0 Å². The van der Waals surface area contributed by atoms with Gasteiger partial charge in [-0.2, -0.15) is 4.98 Å². The molecule has 0 saturated carbocycles. The van der Waals surface area contributed by atoms with Crippen molar-refractivity contribution in [3.05, 3.63) is 35.8 Å². The Hall–Kier alpha value is -2.96. The average Bonchev–Trinajstić information content (AvgIpc) is 3.12. The van der Waals surface area contributed by atoms with Gasteiger partial charge in [0.2, 0.25) is 5.89 Å². The first kappa shape index (κ1) is 12.8. The number of aromatic nitrogens is 5. The van der Waals surface area contributed by atoms with E-state index >= 15 is 0 Å². The molecule has 0 bridgehead atoms. The number of fused-ring (bicyclic) bond motifs is 2. The average molecular weight is 295 g/mol. The molecule has 0 amide bonds. The highest BCUT2D eigenvalue weighted by Crippen LogP contribution is 2.27. The number of ether oxygens (including phenoxy) is 1. The molecule has 7 nitrogen and oxygen atoms in total. The van der Waals surface area contributed by atoms with Crippen LogP contribution in [-0.2, 0) is 0 Å². The van der Waals surface area contributed by atoms with Crippen LogP contribution >= 0.6 is 0 Å². The molecule has 0 N–H and O–H groups in total. The maximum Gasteiger partial charge on any atom is 0.258 e. The summed E-state index contributed by atoms with van der Waals surface area (Å²) in [6.45, 7) is 3.83. The number of rotatable bonds is 2. The van der Waals surface area contributed by atoms with Crippen molar-refractivity contribution in [3.63, 3.8) is 0 Å². The third-order valence-corrected chi connectivity index (χ3v) is 3.61. The summed E-state index contributed by atoms with van der Waals surface area (Å²) in [6.07, 6.45) is 0. The van der Waals surface area contributed by atoms with Gasteiger partial charge in [-0.3, -0.25) is 4.40 Å². The van der Waals surface area contributed by atoms with Gasteiger partial charge in [0.05, 0.1) is 12.8 Å². The first-order chi connectivity index (χ1) is 10.7. The van der Waals surface area contributed by atoms with Crippen molar-refractivity contribution >= 4 is 17.0 Å².